The predicted octanol–water partition coefficient (Wildman–Crippen LogP) is 1.59. The average Bonchev–Trinajstić information content (AvgIpc) is 2.19. The van der Waals surface area contributed by atoms with E-state index in [0.29, 0.717) is 19.8 Å². The fraction of sp³-hybridized carbons (Fsp3) is 0.636. The highest BCUT2D eigenvalue weighted by molar-refractivity contribution is 6.68. The number of nitrogens with zero attached hydrogens (tertiary/aromatic N) is 1. The van der Waals surface area contributed by atoms with Crippen molar-refractivity contribution < 1.29 is 8.85 Å². The van der Waals surface area contributed by atoms with Crippen LogP contribution in [0.5, 0.6) is 0 Å². The first kappa shape index (κ1) is 15.5. The summed E-state index contributed by atoms with van der Waals surface area (Å²) in [6, 6.07) is 0. The molecule has 0 aromatic rings. The van der Waals surface area contributed by atoms with E-state index in [0.717, 1.165) is 0 Å². The number of rotatable bonds is 9. The maximum atomic E-state index is 5.95. The van der Waals surface area contributed by atoms with Gasteiger partial charge in [-0.25, -0.2) is 5.01 Å². The van der Waals surface area contributed by atoms with Crippen molar-refractivity contribution in [2.45, 2.75) is 26.1 Å². The molecule has 2 N–H and O–H groups in total. The van der Waals surface area contributed by atoms with Crippen molar-refractivity contribution in [3.63, 3.8) is 0 Å². The standard InChI is InChI=1S/C11H24N2O2Si/c1-6-10-13(12)11(7-2)16(5,14-8-3)15-9-4/h6-7,11H,1-2,8-10,12H2,3-5H3. The third-order valence-electron chi connectivity index (χ3n) is 2.32. The van der Waals surface area contributed by atoms with Gasteiger partial charge >= 0.3 is 8.56 Å². The Kier molecular flexibility index (Phi) is 7.53. The lowest BCUT2D eigenvalue weighted by molar-refractivity contribution is 0.151. The molecule has 0 amide bonds. The molecule has 0 rings (SSSR count). The summed E-state index contributed by atoms with van der Waals surface area (Å²) in [5.74, 6) is 5.95. The van der Waals surface area contributed by atoms with Gasteiger partial charge in [-0.2, -0.15) is 0 Å². The van der Waals surface area contributed by atoms with Crippen LogP contribution in [0.1, 0.15) is 13.8 Å². The van der Waals surface area contributed by atoms with Crippen molar-refractivity contribution in [1.82, 2.24) is 5.01 Å². The van der Waals surface area contributed by atoms with Gasteiger partial charge in [-0.1, -0.05) is 12.2 Å². The molecule has 4 nitrogen and oxygen atoms in total. The monoisotopic (exact) mass is 244 g/mol. The first-order chi connectivity index (χ1) is 7.55. The van der Waals surface area contributed by atoms with E-state index < -0.39 is 8.56 Å². The Hall–Kier alpha value is -0.463. The molecule has 0 saturated carbocycles. The van der Waals surface area contributed by atoms with Gasteiger partial charge in [-0.3, -0.25) is 5.84 Å². The van der Waals surface area contributed by atoms with E-state index >= 15 is 0 Å². The molecule has 0 bridgehead atoms. The Morgan fingerprint density at radius 3 is 2.12 bits per heavy atom. The smallest absolute Gasteiger partial charge is 0.358 e. The zero-order chi connectivity index (χ0) is 12.6. The van der Waals surface area contributed by atoms with E-state index in [4.69, 9.17) is 14.7 Å². The summed E-state index contributed by atoms with van der Waals surface area (Å²) >= 11 is 0. The molecule has 1 unspecified atom stereocenters. The van der Waals surface area contributed by atoms with Crippen LogP contribution in [0.3, 0.4) is 0 Å². The zero-order valence-corrected chi connectivity index (χ0v) is 11.6. The lowest BCUT2D eigenvalue weighted by atomic mass is 10.5. The summed E-state index contributed by atoms with van der Waals surface area (Å²) in [4.78, 5) is 0. The molecule has 0 aromatic heterocycles. The van der Waals surface area contributed by atoms with E-state index in [2.05, 4.69) is 13.2 Å². The SMILES string of the molecule is C=CCN(N)C(C=C)[Si](C)(OCC)OCC. The van der Waals surface area contributed by atoms with E-state index in [1.54, 1.807) is 17.2 Å². The van der Waals surface area contributed by atoms with Crippen LogP contribution in [0, 0.1) is 0 Å². The van der Waals surface area contributed by atoms with E-state index in [-0.39, 0.29) is 5.67 Å². The van der Waals surface area contributed by atoms with Gasteiger partial charge in [0, 0.05) is 19.8 Å². The maximum absolute atomic E-state index is 5.95. The normalized spacial score (nSPS) is 13.8. The van der Waals surface area contributed by atoms with Crippen molar-refractivity contribution in [2.24, 2.45) is 5.84 Å². The van der Waals surface area contributed by atoms with Crippen LogP contribution in [0.2, 0.25) is 6.55 Å². The number of hydrogen-bond acceptors (Lipinski definition) is 4. The van der Waals surface area contributed by atoms with Crippen molar-refractivity contribution in [2.75, 3.05) is 19.8 Å². The van der Waals surface area contributed by atoms with E-state index in [1.165, 1.54) is 0 Å². The number of hydrazine groups is 1. The third kappa shape index (κ3) is 4.19. The summed E-state index contributed by atoms with van der Waals surface area (Å²) in [6.07, 6.45) is 3.55. The zero-order valence-electron chi connectivity index (χ0n) is 10.6. The topological polar surface area (TPSA) is 47.7 Å². The summed E-state index contributed by atoms with van der Waals surface area (Å²) in [5.41, 5.74) is -0.0783. The Labute approximate surface area is 99.9 Å². The van der Waals surface area contributed by atoms with Crippen LogP contribution in [0.15, 0.2) is 25.3 Å². The molecule has 5 heteroatoms. The van der Waals surface area contributed by atoms with E-state index in [9.17, 15) is 0 Å². The quantitative estimate of drug-likeness (QED) is 0.290. The first-order valence-corrected chi connectivity index (χ1v) is 7.97. The minimum atomic E-state index is -2.34. The highest BCUT2D eigenvalue weighted by atomic mass is 28.4. The Morgan fingerprint density at radius 1 is 1.31 bits per heavy atom. The minimum Gasteiger partial charge on any atom is -0.394 e. The second-order valence-corrected chi connectivity index (χ2v) is 6.75. The van der Waals surface area contributed by atoms with E-state index in [1.807, 2.05) is 20.4 Å². The first-order valence-electron chi connectivity index (χ1n) is 5.58. The van der Waals surface area contributed by atoms with Gasteiger partial charge in [0.15, 0.2) is 0 Å². The van der Waals surface area contributed by atoms with Gasteiger partial charge in [0.2, 0.25) is 0 Å². The molecular weight excluding hydrogens is 220 g/mol. The number of hydrogen-bond donors (Lipinski definition) is 1. The molecule has 0 aliphatic heterocycles. The molecule has 0 aliphatic carbocycles. The molecule has 0 heterocycles. The van der Waals surface area contributed by atoms with Gasteiger partial charge in [0.25, 0.3) is 0 Å². The van der Waals surface area contributed by atoms with Gasteiger partial charge in [0.1, 0.15) is 0 Å². The lowest BCUT2D eigenvalue weighted by Gasteiger charge is -2.36. The van der Waals surface area contributed by atoms with Crippen LogP contribution in [-0.4, -0.2) is 39.0 Å². The predicted molar refractivity (Wildman–Crippen MR) is 69.9 cm³/mol. The fourth-order valence-electron chi connectivity index (χ4n) is 1.70. The van der Waals surface area contributed by atoms with Gasteiger partial charge in [-0.15, -0.1) is 13.2 Å². The molecule has 1 atom stereocenters. The van der Waals surface area contributed by atoms with Crippen molar-refractivity contribution in [1.29, 1.82) is 0 Å². The molecule has 0 saturated heterocycles. The van der Waals surface area contributed by atoms with Crippen molar-refractivity contribution in [3.8, 4) is 0 Å². The highest BCUT2D eigenvalue weighted by Gasteiger charge is 2.41. The second-order valence-electron chi connectivity index (χ2n) is 3.55. The molecule has 0 spiro atoms. The second kappa shape index (κ2) is 7.75. The van der Waals surface area contributed by atoms with Crippen molar-refractivity contribution in [3.05, 3.63) is 25.3 Å². The lowest BCUT2D eigenvalue weighted by Crippen LogP contribution is -2.60. The Morgan fingerprint density at radius 2 is 1.81 bits per heavy atom. The summed E-state index contributed by atoms with van der Waals surface area (Å²) in [7, 11) is -2.34. The van der Waals surface area contributed by atoms with Gasteiger partial charge in [0.05, 0.1) is 5.67 Å². The molecular formula is C11H24N2O2Si. The summed E-state index contributed by atoms with van der Waals surface area (Å²) < 4.78 is 11.6. The molecule has 94 valence electrons. The summed E-state index contributed by atoms with van der Waals surface area (Å²) in [5, 5.41) is 1.66. The molecule has 0 aliphatic rings. The summed E-state index contributed by atoms with van der Waals surface area (Å²) in [6.45, 7) is 15.2. The Balaban J connectivity index is 4.81. The number of nitrogens with two attached hydrogens (primary N) is 1. The Bertz CT molecular complexity index is 218. The molecule has 16 heavy (non-hydrogen) atoms. The van der Waals surface area contributed by atoms with Crippen LogP contribution in [-0.2, 0) is 8.85 Å². The van der Waals surface area contributed by atoms with Crippen LogP contribution >= 0.6 is 0 Å². The van der Waals surface area contributed by atoms with Gasteiger partial charge < -0.3 is 8.85 Å². The highest BCUT2D eigenvalue weighted by Crippen LogP contribution is 2.17. The van der Waals surface area contributed by atoms with Crippen LogP contribution in [0.25, 0.3) is 0 Å². The van der Waals surface area contributed by atoms with Crippen molar-refractivity contribution >= 4 is 8.56 Å². The fourth-order valence-corrected chi connectivity index (χ4v) is 4.41. The minimum absolute atomic E-state index is 0.0783. The molecule has 0 radical (unpaired) electrons. The molecule has 0 fully saturated rings. The third-order valence-corrected chi connectivity index (χ3v) is 5.69. The maximum Gasteiger partial charge on any atom is 0.358 e. The molecule has 0 aromatic carbocycles. The van der Waals surface area contributed by atoms with Crippen LogP contribution in [0.4, 0.5) is 0 Å². The van der Waals surface area contributed by atoms with Gasteiger partial charge in [-0.05, 0) is 20.4 Å². The largest absolute Gasteiger partial charge is 0.394 e. The van der Waals surface area contributed by atoms with Crippen LogP contribution < -0.4 is 5.84 Å². The average molecular weight is 244 g/mol.